The van der Waals surface area contributed by atoms with Crippen molar-refractivity contribution in [1.82, 2.24) is 0 Å². The van der Waals surface area contributed by atoms with Gasteiger partial charge in [0.2, 0.25) is 0 Å². The van der Waals surface area contributed by atoms with Crippen molar-refractivity contribution in [2.45, 2.75) is 0 Å². The highest BCUT2D eigenvalue weighted by atomic mass is 79.9. The summed E-state index contributed by atoms with van der Waals surface area (Å²) in [5.41, 5.74) is 2.66. The average molecular weight is 728 g/mol. The van der Waals surface area contributed by atoms with Gasteiger partial charge in [-0.3, -0.25) is 0 Å². The molecule has 9 heteroatoms. The monoisotopic (exact) mass is 724 g/mol. The molecule has 0 aliphatic carbocycles. The Morgan fingerprint density at radius 2 is 0.690 bits per heavy atom. The van der Waals surface area contributed by atoms with E-state index < -0.39 is 0 Å². The van der Waals surface area contributed by atoms with Crippen molar-refractivity contribution in [2.24, 2.45) is 0 Å². The molecule has 0 amide bonds. The van der Waals surface area contributed by atoms with Crippen molar-refractivity contribution in [3.05, 3.63) is 63.7 Å². The van der Waals surface area contributed by atoms with Gasteiger partial charge in [-0.15, -0.1) is 56.7 Å². The van der Waals surface area contributed by atoms with E-state index in [-0.39, 0.29) is 0 Å². The maximum Gasteiger partial charge on any atom is 0.0705 e. The van der Waals surface area contributed by atoms with E-state index in [0.717, 1.165) is 15.1 Å². The lowest BCUT2D eigenvalue weighted by Gasteiger charge is -2.05. The molecule has 0 aromatic carbocycles. The molecule has 0 fully saturated rings. The second-order valence-corrected chi connectivity index (χ2v) is 16.8. The van der Waals surface area contributed by atoms with Crippen LogP contribution in [0.4, 0.5) is 0 Å². The molecule has 5 aromatic heterocycles. The summed E-state index contributed by atoms with van der Waals surface area (Å²) in [7, 11) is 0. The molecular weight excluding hydrogens is 720 g/mol. The summed E-state index contributed by atoms with van der Waals surface area (Å²) in [6, 6.07) is 17.4. The molecule has 0 unspecified atom stereocenters. The van der Waals surface area contributed by atoms with E-state index in [1.165, 1.54) is 40.4 Å². The van der Waals surface area contributed by atoms with E-state index in [1.807, 2.05) is 11.3 Å². The third kappa shape index (κ3) is 4.24. The smallest absolute Gasteiger partial charge is 0.0705 e. The zero-order valence-corrected chi connectivity index (χ0v) is 24.6. The summed E-state index contributed by atoms with van der Waals surface area (Å²) in [6.45, 7) is 0. The highest BCUT2D eigenvalue weighted by Gasteiger charge is 2.26. The Labute approximate surface area is 221 Å². The Hall–Kier alpha value is 0.420. The first-order valence-electron chi connectivity index (χ1n) is 8.19. The minimum atomic E-state index is 1.15. The fraction of sp³-hybridized carbons (Fsp3) is 0. The first kappa shape index (κ1) is 21.3. The quantitative estimate of drug-likeness (QED) is 0.173. The first-order valence-corrected chi connectivity index (χ1v) is 15.4. The molecule has 0 radical (unpaired) electrons. The van der Waals surface area contributed by atoms with Gasteiger partial charge in [0.25, 0.3) is 0 Å². The van der Waals surface area contributed by atoms with E-state index in [4.69, 9.17) is 0 Å². The maximum atomic E-state index is 3.66. The van der Waals surface area contributed by atoms with Crippen molar-refractivity contribution in [1.29, 1.82) is 0 Å². The minimum Gasteiger partial charge on any atom is -0.132 e. The van der Waals surface area contributed by atoms with E-state index in [2.05, 4.69) is 112 Å². The van der Waals surface area contributed by atoms with E-state index in [9.17, 15) is 0 Å². The fourth-order valence-electron chi connectivity index (χ4n) is 3.02. The summed E-state index contributed by atoms with van der Waals surface area (Å²) >= 11 is 23.7. The van der Waals surface area contributed by atoms with Crippen LogP contribution in [-0.2, 0) is 0 Å². The number of thiophene rings is 5. The molecule has 0 aliphatic rings. The third-order valence-corrected chi connectivity index (χ3v) is 12.2. The van der Waals surface area contributed by atoms with Gasteiger partial charge in [0.05, 0.1) is 24.9 Å². The van der Waals surface area contributed by atoms with Gasteiger partial charge >= 0.3 is 0 Å². The topological polar surface area (TPSA) is 0 Å². The lowest BCUT2D eigenvalue weighted by molar-refractivity contribution is 1.81. The van der Waals surface area contributed by atoms with Crippen LogP contribution in [0.5, 0.6) is 0 Å². The highest BCUT2D eigenvalue weighted by Crippen LogP contribution is 2.56. The molecule has 0 N–H and O–H groups in total. The molecule has 0 aliphatic heterocycles. The van der Waals surface area contributed by atoms with Crippen molar-refractivity contribution in [3.8, 4) is 40.4 Å². The molecule has 5 aromatic rings. The Bertz CT molecular complexity index is 1220. The van der Waals surface area contributed by atoms with Crippen LogP contribution in [0.2, 0.25) is 0 Å². The molecule has 0 saturated heterocycles. The summed E-state index contributed by atoms with van der Waals surface area (Å²) in [4.78, 5) is 7.81. The summed E-state index contributed by atoms with van der Waals surface area (Å²) in [6.07, 6.45) is 0. The SMILES string of the molecule is Brc1ccc(-c2sc(-c3ccc(Br)s3)c(-c3ccc(Br)s3)c2-c2ccc(Br)s2)s1. The van der Waals surface area contributed by atoms with Gasteiger partial charge in [-0.25, -0.2) is 0 Å². The van der Waals surface area contributed by atoms with Gasteiger partial charge in [0, 0.05) is 30.6 Å². The summed E-state index contributed by atoms with van der Waals surface area (Å²) in [5, 5.41) is 0. The van der Waals surface area contributed by atoms with E-state index in [1.54, 1.807) is 45.3 Å². The molecule has 0 atom stereocenters. The molecular formula is C20H8Br4S5. The fourth-order valence-corrected chi connectivity index (χ4v) is 10.4. The largest absolute Gasteiger partial charge is 0.132 e. The molecule has 0 saturated carbocycles. The average Bonchev–Trinajstić information content (AvgIpc) is 3.45. The summed E-state index contributed by atoms with van der Waals surface area (Å²) in [5.74, 6) is 0. The van der Waals surface area contributed by atoms with Gasteiger partial charge in [0.1, 0.15) is 0 Å². The van der Waals surface area contributed by atoms with Gasteiger partial charge in [-0.05, 0) is 112 Å². The molecule has 5 rings (SSSR count). The molecule has 5 heterocycles. The maximum absolute atomic E-state index is 3.66. The van der Waals surface area contributed by atoms with Crippen molar-refractivity contribution >= 4 is 120 Å². The Kier molecular flexibility index (Phi) is 6.42. The number of rotatable bonds is 4. The number of hydrogen-bond acceptors (Lipinski definition) is 5. The Balaban J connectivity index is 1.87. The molecule has 146 valence electrons. The van der Waals surface area contributed by atoms with Gasteiger partial charge in [-0.1, -0.05) is 0 Å². The van der Waals surface area contributed by atoms with Crippen LogP contribution in [0.1, 0.15) is 0 Å². The second kappa shape index (κ2) is 8.75. The third-order valence-electron chi connectivity index (χ3n) is 4.14. The van der Waals surface area contributed by atoms with Crippen molar-refractivity contribution < 1.29 is 0 Å². The second-order valence-electron chi connectivity index (χ2n) is 5.93. The number of halogens is 4. The van der Waals surface area contributed by atoms with Gasteiger partial charge in [-0.2, -0.15) is 0 Å². The predicted molar refractivity (Wildman–Crippen MR) is 148 cm³/mol. The zero-order chi connectivity index (χ0) is 20.1. The summed E-state index contributed by atoms with van der Waals surface area (Å²) < 4.78 is 4.60. The van der Waals surface area contributed by atoms with Gasteiger partial charge < -0.3 is 0 Å². The predicted octanol–water partition coefficient (Wildman–Crippen LogP) is 11.7. The normalized spacial score (nSPS) is 11.4. The van der Waals surface area contributed by atoms with Crippen LogP contribution in [0.3, 0.4) is 0 Å². The van der Waals surface area contributed by atoms with Crippen LogP contribution >= 0.6 is 120 Å². The molecule has 0 spiro atoms. The van der Waals surface area contributed by atoms with Crippen LogP contribution < -0.4 is 0 Å². The van der Waals surface area contributed by atoms with Crippen LogP contribution in [0.25, 0.3) is 40.4 Å². The highest BCUT2D eigenvalue weighted by molar-refractivity contribution is 9.11. The van der Waals surface area contributed by atoms with Gasteiger partial charge in [0.15, 0.2) is 0 Å². The van der Waals surface area contributed by atoms with Crippen LogP contribution in [0.15, 0.2) is 63.7 Å². The minimum absolute atomic E-state index is 1.15. The Morgan fingerprint density at radius 1 is 0.379 bits per heavy atom. The zero-order valence-electron chi connectivity index (χ0n) is 14.2. The standard InChI is InChI=1S/C20H8Br4S5/c21-13-5-1-9(25-13)17-18(10-2-6-14(22)26-10)20(12-4-8-16(24)28-12)29-19(17)11-3-7-15(23)27-11/h1-8H. The lowest BCUT2D eigenvalue weighted by Crippen LogP contribution is -1.79. The van der Waals surface area contributed by atoms with E-state index in [0.29, 0.717) is 0 Å². The first-order chi connectivity index (χ1) is 14.0. The van der Waals surface area contributed by atoms with E-state index >= 15 is 0 Å². The molecule has 0 bridgehead atoms. The molecule has 29 heavy (non-hydrogen) atoms. The van der Waals surface area contributed by atoms with Crippen LogP contribution in [0, 0.1) is 0 Å². The Morgan fingerprint density at radius 3 is 0.966 bits per heavy atom. The van der Waals surface area contributed by atoms with Crippen LogP contribution in [-0.4, -0.2) is 0 Å². The van der Waals surface area contributed by atoms with Crippen molar-refractivity contribution in [3.63, 3.8) is 0 Å². The number of hydrogen-bond donors (Lipinski definition) is 0. The molecule has 0 nitrogen and oxygen atoms in total. The van der Waals surface area contributed by atoms with Crippen molar-refractivity contribution in [2.75, 3.05) is 0 Å². The lowest BCUT2D eigenvalue weighted by atomic mass is 10.0.